The van der Waals surface area contributed by atoms with E-state index < -0.39 is 11.8 Å². The Kier molecular flexibility index (Phi) is 3.66. The number of ether oxygens (including phenoxy) is 1. The molecule has 0 bridgehead atoms. The minimum Gasteiger partial charge on any atom is -0.478 e. The van der Waals surface area contributed by atoms with Gasteiger partial charge in [-0.05, 0) is 24.6 Å². The molecule has 4 nitrogen and oxygen atoms in total. The van der Waals surface area contributed by atoms with Crippen molar-refractivity contribution in [2.45, 2.75) is 6.92 Å². The molecular formula is C13H9ClFNO3. The van der Waals surface area contributed by atoms with Crippen molar-refractivity contribution in [3.05, 3.63) is 52.4 Å². The third-order valence-electron chi connectivity index (χ3n) is 2.44. The van der Waals surface area contributed by atoms with Gasteiger partial charge in [-0.1, -0.05) is 17.7 Å². The first-order valence-corrected chi connectivity index (χ1v) is 5.68. The van der Waals surface area contributed by atoms with Gasteiger partial charge in [0, 0.05) is 12.3 Å². The van der Waals surface area contributed by atoms with Crippen LogP contribution >= 0.6 is 11.6 Å². The fourth-order valence-electron chi connectivity index (χ4n) is 1.45. The number of nitrogens with zero attached hydrogens (tertiary/aromatic N) is 1. The van der Waals surface area contributed by atoms with E-state index in [2.05, 4.69) is 4.98 Å². The highest BCUT2D eigenvalue weighted by Gasteiger charge is 2.15. The van der Waals surface area contributed by atoms with Gasteiger partial charge in [-0.3, -0.25) is 0 Å². The molecule has 0 aliphatic heterocycles. The minimum atomic E-state index is -1.19. The Bertz CT molecular complexity index is 646. The lowest BCUT2D eigenvalue weighted by Gasteiger charge is -2.10. The summed E-state index contributed by atoms with van der Waals surface area (Å²) < 4.78 is 18.5. The summed E-state index contributed by atoms with van der Waals surface area (Å²) in [6, 6.07) is 5.28. The van der Waals surface area contributed by atoms with Gasteiger partial charge >= 0.3 is 5.97 Å². The fraction of sp³-hybridized carbons (Fsp3) is 0.0769. The van der Waals surface area contributed by atoms with Crippen LogP contribution in [0, 0.1) is 12.7 Å². The number of aromatic nitrogens is 1. The summed E-state index contributed by atoms with van der Waals surface area (Å²) in [5, 5.41) is 8.80. The number of aromatic carboxylic acids is 1. The molecule has 0 aliphatic carbocycles. The number of benzene rings is 1. The van der Waals surface area contributed by atoms with Crippen molar-refractivity contribution in [2.24, 2.45) is 0 Å². The van der Waals surface area contributed by atoms with Crippen molar-refractivity contribution in [2.75, 3.05) is 0 Å². The summed E-state index contributed by atoms with van der Waals surface area (Å²) in [5.74, 6) is -1.49. The summed E-state index contributed by atoms with van der Waals surface area (Å²) in [5.41, 5.74) is 0.556. The van der Waals surface area contributed by atoms with Crippen LogP contribution in [-0.2, 0) is 0 Å². The number of pyridine rings is 1. The fourth-order valence-corrected chi connectivity index (χ4v) is 1.68. The zero-order valence-electron chi connectivity index (χ0n) is 9.85. The van der Waals surface area contributed by atoms with E-state index in [0.29, 0.717) is 5.56 Å². The molecule has 0 aliphatic rings. The van der Waals surface area contributed by atoms with E-state index in [1.807, 2.05) is 0 Å². The number of rotatable bonds is 3. The number of carboxylic acid groups (broad SMARTS) is 1. The second kappa shape index (κ2) is 5.24. The number of aryl methyl sites for hydroxylation is 1. The molecule has 0 radical (unpaired) electrons. The Morgan fingerprint density at radius 2 is 2.16 bits per heavy atom. The molecule has 0 amide bonds. The molecule has 0 unspecified atom stereocenters. The summed E-state index contributed by atoms with van der Waals surface area (Å²) in [7, 11) is 0. The van der Waals surface area contributed by atoms with E-state index in [0.717, 1.165) is 0 Å². The molecule has 0 atom stereocenters. The van der Waals surface area contributed by atoms with Gasteiger partial charge in [-0.25, -0.2) is 14.2 Å². The largest absolute Gasteiger partial charge is 0.478 e. The Labute approximate surface area is 113 Å². The molecular weight excluding hydrogens is 273 g/mol. The number of carboxylic acids is 1. The lowest BCUT2D eigenvalue weighted by molar-refractivity contribution is 0.0696. The van der Waals surface area contributed by atoms with Crippen LogP contribution in [0.2, 0.25) is 5.02 Å². The number of halogens is 2. The molecule has 0 saturated heterocycles. The Morgan fingerprint density at radius 3 is 2.84 bits per heavy atom. The molecule has 2 aromatic rings. The van der Waals surface area contributed by atoms with Gasteiger partial charge in [-0.15, -0.1) is 0 Å². The van der Waals surface area contributed by atoms with Crippen LogP contribution in [0.15, 0.2) is 30.5 Å². The van der Waals surface area contributed by atoms with Crippen LogP contribution in [0.3, 0.4) is 0 Å². The maximum Gasteiger partial charge on any atom is 0.337 e. The van der Waals surface area contributed by atoms with Gasteiger partial charge in [0.05, 0.1) is 5.56 Å². The van der Waals surface area contributed by atoms with Gasteiger partial charge < -0.3 is 9.84 Å². The third kappa shape index (κ3) is 2.82. The predicted molar refractivity (Wildman–Crippen MR) is 67.4 cm³/mol. The maximum atomic E-state index is 13.1. The Balaban J connectivity index is 2.41. The molecule has 98 valence electrons. The average Bonchev–Trinajstić information content (AvgIpc) is 2.36. The molecule has 6 heteroatoms. The first kappa shape index (κ1) is 13.3. The van der Waals surface area contributed by atoms with Crippen LogP contribution in [0.5, 0.6) is 11.6 Å². The Hall–Kier alpha value is -2.14. The average molecular weight is 282 g/mol. The Morgan fingerprint density at radius 1 is 1.42 bits per heavy atom. The quantitative estimate of drug-likeness (QED) is 0.932. The molecule has 19 heavy (non-hydrogen) atoms. The number of hydrogen-bond donors (Lipinski definition) is 1. The monoisotopic (exact) mass is 281 g/mol. The van der Waals surface area contributed by atoms with Crippen molar-refractivity contribution in [1.29, 1.82) is 0 Å². The molecule has 2 rings (SSSR count). The molecule has 0 spiro atoms. The molecule has 1 heterocycles. The van der Waals surface area contributed by atoms with Crippen molar-refractivity contribution >= 4 is 17.6 Å². The van der Waals surface area contributed by atoms with Gasteiger partial charge in [0.1, 0.15) is 16.6 Å². The molecule has 0 fully saturated rings. The number of carbonyl (C=O) groups is 1. The normalized spacial score (nSPS) is 10.3. The van der Waals surface area contributed by atoms with Crippen LogP contribution in [0.4, 0.5) is 4.39 Å². The van der Waals surface area contributed by atoms with Gasteiger partial charge in [0.25, 0.3) is 0 Å². The van der Waals surface area contributed by atoms with Crippen LogP contribution in [-0.4, -0.2) is 16.1 Å². The highest BCUT2D eigenvalue weighted by molar-refractivity contribution is 6.34. The third-order valence-corrected chi connectivity index (χ3v) is 2.81. The van der Waals surface area contributed by atoms with Crippen LogP contribution < -0.4 is 4.74 Å². The summed E-state index contributed by atoms with van der Waals surface area (Å²) in [6.45, 7) is 1.73. The molecule has 1 aromatic carbocycles. The van der Waals surface area contributed by atoms with E-state index in [1.165, 1.54) is 24.4 Å². The van der Waals surface area contributed by atoms with Gasteiger partial charge in [-0.2, -0.15) is 0 Å². The minimum absolute atomic E-state index is 0.0738. The predicted octanol–water partition coefficient (Wildman–Crippen LogP) is 3.67. The molecule has 1 N–H and O–H groups in total. The second-order valence-corrected chi connectivity index (χ2v) is 4.17. The zero-order chi connectivity index (χ0) is 14.0. The van der Waals surface area contributed by atoms with E-state index in [-0.39, 0.29) is 22.2 Å². The van der Waals surface area contributed by atoms with Crippen molar-refractivity contribution < 1.29 is 19.0 Å². The maximum absolute atomic E-state index is 13.1. The molecule has 1 aromatic heterocycles. The first-order chi connectivity index (χ1) is 8.99. The van der Waals surface area contributed by atoms with Crippen LogP contribution in [0.1, 0.15) is 15.9 Å². The number of hydrogen-bond acceptors (Lipinski definition) is 3. The zero-order valence-corrected chi connectivity index (χ0v) is 10.6. The molecule has 0 saturated carbocycles. The highest BCUT2D eigenvalue weighted by Crippen LogP contribution is 2.31. The highest BCUT2D eigenvalue weighted by atomic mass is 35.5. The van der Waals surface area contributed by atoms with Crippen molar-refractivity contribution in [1.82, 2.24) is 4.98 Å². The van der Waals surface area contributed by atoms with E-state index >= 15 is 0 Å². The van der Waals surface area contributed by atoms with E-state index in [1.54, 1.807) is 13.0 Å². The lowest BCUT2D eigenvalue weighted by Crippen LogP contribution is -2.00. The van der Waals surface area contributed by atoms with Crippen molar-refractivity contribution in [3.8, 4) is 11.6 Å². The van der Waals surface area contributed by atoms with Gasteiger partial charge in [0.2, 0.25) is 5.88 Å². The SMILES string of the molecule is Cc1ccc(F)cc1Oc1nccc(C(=O)O)c1Cl. The lowest BCUT2D eigenvalue weighted by atomic mass is 10.2. The van der Waals surface area contributed by atoms with Crippen molar-refractivity contribution in [3.63, 3.8) is 0 Å². The first-order valence-electron chi connectivity index (χ1n) is 5.31. The summed E-state index contributed by atoms with van der Waals surface area (Å²) >= 11 is 5.88. The standard InChI is InChI=1S/C13H9ClFNO3/c1-7-2-3-8(15)6-10(7)19-12-11(14)9(13(17)18)4-5-16-12/h2-6H,1H3,(H,17,18). The second-order valence-electron chi connectivity index (χ2n) is 3.79. The smallest absolute Gasteiger partial charge is 0.337 e. The van der Waals surface area contributed by atoms with E-state index in [4.69, 9.17) is 21.4 Å². The van der Waals surface area contributed by atoms with Gasteiger partial charge in [0.15, 0.2) is 0 Å². The topological polar surface area (TPSA) is 59.4 Å². The van der Waals surface area contributed by atoms with E-state index in [9.17, 15) is 9.18 Å². The van der Waals surface area contributed by atoms with Crippen LogP contribution in [0.25, 0.3) is 0 Å². The summed E-state index contributed by atoms with van der Waals surface area (Å²) in [6.07, 6.45) is 1.26. The summed E-state index contributed by atoms with van der Waals surface area (Å²) in [4.78, 5) is 14.8.